The number of aliphatic hydroxyl groups excluding tert-OH is 2. The Balaban J connectivity index is 4.54. The van der Waals surface area contributed by atoms with Crippen LogP contribution in [0.5, 0.6) is 0 Å². The van der Waals surface area contributed by atoms with E-state index in [4.69, 9.17) is 14.8 Å². The third-order valence-corrected chi connectivity index (χ3v) is 8.64. The summed E-state index contributed by atoms with van der Waals surface area (Å²) in [6, 6.07) is -1.02. The minimum Gasteiger partial charge on any atom is -0.392 e. The molecule has 4 unspecified atom stereocenters. The van der Waals surface area contributed by atoms with E-state index in [9.17, 15) is 24.5 Å². The first-order valence-corrected chi connectivity index (χ1v) is 19.8. The molecule has 10 heteroatoms. The molecule has 0 aromatic rings. The summed E-state index contributed by atoms with van der Waals surface area (Å²) in [5, 5.41) is 23.7. The highest BCUT2D eigenvalue weighted by Crippen LogP contribution is 2.43. The monoisotopic (exact) mass is 684 g/mol. The molecule has 0 rings (SSSR count). The van der Waals surface area contributed by atoms with Crippen LogP contribution in [0.2, 0.25) is 0 Å². The van der Waals surface area contributed by atoms with Crippen molar-refractivity contribution in [1.29, 1.82) is 0 Å². The fourth-order valence-corrected chi connectivity index (χ4v) is 5.61. The summed E-state index contributed by atoms with van der Waals surface area (Å²) in [4.78, 5) is 22.5. The highest BCUT2D eigenvalue weighted by atomic mass is 31.2. The van der Waals surface area contributed by atoms with E-state index in [2.05, 4.69) is 43.5 Å². The Morgan fingerprint density at radius 1 is 0.723 bits per heavy atom. The van der Waals surface area contributed by atoms with Crippen LogP contribution in [0.3, 0.4) is 0 Å². The molecule has 6 N–H and O–H groups in total. The highest BCUT2D eigenvalue weighted by molar-refractivity contribution is 7.47. The van der Waals surface area contributed by atoms with E-state index in [0.29, 0.717) is 12.8 Å². The standard InChI is InChI=1S/C37H69N2O7P/c1-3-5-7-9-11-12-13-14-15-16-17-18-19-20-21-23-25-27-29-36(41)35(33-46-47(43,44)45-31-30-38)39-37(42)32-34(40)28-26-24-22-10-8-6-4-2/h16-17,20-21,24,26-27,29,34-36,40-41H,3-15,18-19,22-23,25,28,30-33,38H2,1-2H3,(H,39,42)(H,43,44)/b17-16+,21-20+,26-24-,29-27+. The van der Waals surface area contributed by atoms with Gasteiger partial charge in [-0.05, 0) is 57.8 Å². The van der Waals surface area contributed by atoms with Gasteiger partial charge < -0.3 is 26.2 Å². The number of aliphatic hydroxyl groups is 2. The Kier molecular flexibility index (Phi) is 31.8. The van der Waals surface area contributed by atoms with Crippen LogP contribution in [-0.4, -0.2) is 59.0 Å². The number of allylic oxidation sites excluding steroid dienone is 6. The van der Waals surface area contributed by atoms with Gasteiger partial charge in [0.2, 0.25) is 5.91 Å². The van der Waals surface area contributed by atoms with Crippen molar-refractivity contribution in [1.82, 2.24) is 5.32 Å². The second kappa shape index (κ2) is 32.9. The van der Waals surface area contributed by atoms with Crippen LogP contribution in [0, 0.1) is 0 Å². The fourth-order valence-electron chi connectivity index (χ4n) is 4.85. The van der Waals surface area contributed by atoms with Gasteiger partial charge in [0, 0.05) is 6.54 Å². The van der Waals surface area contributed by atoms with Gasteiger partial charge in [-0.25, -0.2) is 4.57 Å². The number of phosphoric ester groups is 1. The average Bonchev–Trinajstić information content (AvgIpc) is 3.04. The molecule has 1 amide bonds. The van der Waals surface area contributed by atoms with Crippen molar-refractivity contribution < 1.29 is 33.5 Å². The summed E-state index contributed by atoms with van der Waals surface area (Å²) in [5.41, 5.74) is 5.33. The van der Waals surface area contributed by atoms with E-state index in [1.807, 2.05) is 18.2 Å². The minimum atomic E-state index is -4.41. The Morgan fingerprint density at radius 3 is 1.79 bits per heavy atom. The third-order valence-electron chi connectivity index (χ3n) is 7.66. The van der Waals surface area contributed by atoms with Crippen molar-refractivity contribution in [3.8, 4) is 0 Å². The van der Waals surface area contributed by atoms with Crippen molar-refractivity contribution in [2.75, 3.05) is 19.8 Å². The van der Waals surface area contributed by atoms with Crippen LogP contribution in [0.4, 0.5) is 0 Å². The van der Waals surface area contributed by atoms with Gasteiger partial charge in [0.15, 0.2) is 0 Å². The second-order valence-electron chi connectivity index (χ2n) is 12.3. The van der Waals surface area contributed by atoms with E-state index in [1.165, 1.54) is 76.7 Å². The number of nitrogens with one attached hydrogen (secondary N) is 1. The molecule has 0 saturated heterocycles. The van der Waals surface area contributed by atoms with Crippen molar-refractivity contribution in [2.24, 2.45) is 5.73 Å². The molecule has 0 aromatic heterocycles. The van der Waals surface area contributed by atoms with Crippen molar-refractivity contribution in [3.63, 3.8) is 0 Å². The first kappa shape index (κ1) is 45.4. The first-order valence-electron chi connectivity index (χ1n) is 18.3. The summed E-state index contributed by atoms with van der Waals surface area (Å²) < 4.78 is 21.9. The van der Waals surface area contributed by atoms with Gasteiger partial charge in [-0.3, -0.25) is 13.8 Å². The number of hydrogen-bond acceptors (Lipinski definition) is 7. The molecule has 9 nitrogen and oxygen atoms in total. The predicted octanol–water partition coefficient (Wildman–Crippen LogP) is 8.35. The maximum absolute atomic E-state index is 12.6. The lowest BCUT2D eigenvalue weighted by Crippen LogP contribution is -2.46. The molecule has 0 bridgehead atoms. The average molecular weight is 685 g/mol. The van der Waals surface area contributed by atoms with Gasteiger partial charge >= 0.3 is 7.82 Å². The third kappa shape index (κ3) is 31.4. The van der Waals surface area contributed by atoms with Gasteiger partial charge in [-0.15, -0.1) is 0 Å². The van der Waals surface area contributed by atoms with Gasteiger partial charge in [0.05, 0.1) is 37.9 Å². The molecule has 274 valence electrons. The molecule has 0 saturated carbocycles. The number of nitrogens with two attached hydrogens (primary N) is 1. The molecule has 0 aliphatic carbocycles. The zero-order valence-electron chi connectivity index (χ0n) is 29.6. The Labute approximate surface area is 286 Å². The molecule has 0 aromatic carbocycles. The lowest BCUT2D eigenvalue weighted by atomic mass is 10.1. The number of phosphoric acid groups is 1. The molecule has 0 aliphatic heterocycles. The number of amides is 1. The van der Waals surface area contributed by atoms with Crippen LogP contribution < -0.4 is 11.1 Å². The van der Waals surface area contributed by atoms with Gasteiger partial charge in [-0.1, -0.05) is 127 Å². The molecule has 47 heavy (non-hydrogen) atoms. The van der Waals surface area contributed by atoms with Crippen molar-refractivity contribution in [2.45, 2.75) is 161 Å². The molecule has 0 heterocycles. The van der Waals surface area contributed by atoms with Crippen molar-refractivity contribution in [3.05, 3.63) is 48.6 Å². The minimum absolute atomic E-state index is 0.0367. The van der Waals surface area contributed by atoms with E-state index >= 15 is 0 Å². The largest absolute Gasteiger partial charge is 0.472 e. The summed E-state index contributed by atoms with van der Waals surface area (Å²) in [6.45, 7) is 3.82. The molecule has 0 aliphatic rings. The molecule has 0 spiro atoms. The maximum atomic E-state index is 12.6. The molecule has 0 fully saturated rings. The molecule has 4 atom stereocenters. The van der Waals surface area contributed by atoms with E-state index < -0.39 is 38.6 Å². The molecular weight excluding hydrogens is 615 g/mol. The number of unbranched alkanes of at least 4 members (excludes halogenated alkanes) is 14. The number of rotatable bonds is 33. The molecule has 0 radical (unpaired) electrons. The van der Waals surface area contributed by atoms with Gasteiger partial charge in [0.25, 0.3) is 0 Å². The Morgan fingerprint density at radius 2 is 1.21 bits per heavy atom. The fraction of sp³-hybridized carbons (Fsp3) is 0.757. The lowest BCUT2D eigenvalue weighted by molar-refractivity contribution is -0.124. The van der Waals surface area contributed by atoms with Gasteiger partial charge in [-0.2, -0.15) is 0 Å². The zero-order valence-corrected chi connectivity index (χ0v) is 30.5. The van der Waals surface area contributed by atoms with Crippen LogP contribution >= 0.6 is 7.82 Å². The summed E-state index contributed by atoms with van der Waals surface area (Å²) in [6.07, 6.45) is 35.2. The van der Waals surface area contributed by atoms with Crippen LogP contribution in [0.25, 0.3) is 0 Å². The predicted molar refractivity (Wildman–Crippen MR) is 195 cm³/mol. The summed E-state index contributed by atoms with van der Waals surface area (Å²) in [5.74, 6) is -0.500. The van der Waals surface area contributed by atoms with E-state index in [0.717, 1.165) is 38.5 Å². The summed E-state index contributed by atoms with van der Waals surface area (Å²) in [7, 11) is -4.41. The number of carbonyl (C=O) groups is 1. The number of hydrogen-bond donors (Lipinski definition) is 5. The SMILES string of the molecule is CCCCCC/C=C\CC(O)CC(=O)NC(COP(=O)(O)OCCN)C(O)/C=C/CC/C=C/CC/C=C/CCCCCCCCCC. The lowest BCUT2D eigenvalue weighted by Gasteiger charge is -2.23. The highest BCUT2D eigenvalue weighted by Gasteiger charge is 2.27. The van der Waals surface area contributed by atoms with Gasteiger partial charge in [0.1, 0.15) is 0 Å². The quantitative estimate of drug-likeness (QED) is 0.0263. The number of carbonyl (C=O) groups excluding carboxylic acids is 1. The topological polar surface area (TPSA) is 151 Å². The van der Waals surface area contributed by atoms with Crippen molar-refractivity contribution >= 4 is 13.7 Å². The Bertz CT molecular complexity index is 894. The van der Waals surface area contributed by atoms with E-state index in [-0.39, 0.29) is 19.6 Å². The van der Waals surface area contributed by atoms with E-state index in [1.54, 1.807) is 0 Å². The summed E-state index contributed by atoms with van der Waals surface area (Å²) >= 11 is 0. The Hall–Kier alpha value is -1.58. The maximum Gasteiger partial charge on any atom is 0.472 e. The second-order valence-corrected chi connectivity index (χ2v) is 13.7. The zero-order chi connectivity index (χ0) is 34.9. The molecular formula is C37H69N2O7P. The van der Waals surface area contributed by atoms with Crippen LogP contribution in [0.1, 0.15) is 142 Å². The van der Waals surface area contributed by atoms with Crippen LogP contribution in [-0.2, 0) is 18.4 Å². The van der Waals surface area contributed by atoms with Crippen LogP contribution in [0.15, 0.2) is 48.6 Å². The smallest absolute Gasteiger partial charge is 0.392 e. The first-order chi connectivity index (χ1) is 22.8. The normalized spacial score (nSPS) is 15.6.